The van der Waals surface area contributed by atoms with Gasteiger partial charge in [-0.15, -0.1) is 0 Å². The molecule has 1 unspecified atom stereocenters. The van der Waals surface area contributed by atoms with Crippen LogP contribution >= 0.6 is 11.8 Å². The van der Waals surface area contributed by atoms with E-state index in [9.17, 15) is 4.39 Å². The van der Waals surface area contributed by atoms with Crippen LogP contribution in [0.1, 0.15) is 25.5 Å². The Morgan fingerprint density at radius 1 is 1.50 bits per heavy atom. The van der Waals surface area contributed by atoms with Crippen molar-refractivity contribution in [2.24, 2.45) is 5.73 Å². The number of nitrogens with two attached hydrogens (primary N) is 1. The SMILES string of the molecule is CCSCCOc1ccc(C(C)N)c(F)c1. The van der Waals surface area contributed by atoms with Gasteiger partial charge in [-0.2, -0.15) is 11.8 Å². The summed E-state index contributed by atoms with van der Waals surface area (Å²) in [5.74, 6) is 2.27. The van der Waals surface area contributed by atoms with Crippen LogP contribution in [0.5, 0.6) is 5.75 Å². The van der Waals surface area contributed by atoms with Crippen molar-refractivity contribution >= 4 is 11.8 Å². The smallest absolute Gasteiger partial charge is 0.131 e. The zero-order valence-corrected chi connectivity index (χ0v) is 10.5. The number of hydrogen-bond acceptors (Lipinski definition) is 3. The molecule has 0 aliphatic carbocycles. The van der Waals surface area contributed by atoms with Gasteiger partial charge in [-0.1, -0.05) is 13.0 Å². The zero-order valence-electron chi connectivity index (χ0n) is 9.70. The van der Waals surface area contributed by atoms with Gasteiger partial charge in [0, 0.05) is 23.4 Å². The van der Waals surface area contributed by atoms with Crippen molar-refractivity contribution in [2.45, 2.75) is 19.9 Å². The third-order valence-corrected chi connectivity index (χ3v) is 3.03. The van der Waals surface area contributed by atoms with Crippen molar-refractivity contribution in [3.05, 3.63) is 29.6 Å². The van der Waals surface area contributed by atoms with Crippen LogP contribution in [0.15, 0.2) is 18.2 Å². The highest BCUT2D eigenvalue weighted by molar-refractivity contribution is 7.99. The van der Waals surface area contributed by atoms with Crippen molar-refractivity contribution in [3.8, 4) is 5.75 Å². The lowest BCUT2D eigenvalue weighted by molar-refractivity contribution is 0.341. The molecule has 90 valence electrons. The van der Waals surface area contributed by atoms with Crippen molar-refractivity contribution in [3.63, 3.8) is 0 Å². The van der Waals surface area contributed by atoms with E-state index in [1.54, 1.807) is 30.8 Å². The fourth-order valence-electron chi connectivity index (χ4n) is 1.33. The van der Waals surface area contributed by atoms with Gasteiger partial charge >= 0.3 is 0 Å². The van der Waals surface area contributed by atoms with Crippen molar-refractivity contribution in [2.75, 3.05) is 18.1 Å². The second-order valence-electron chi connectivity index (χ2n) is 3.52. The number of hydrogen-bond donors (Lipinski definition) is 1. The van der Waals surface area contributed by atoms with E-state index in [-0.39, 0.29) is 11.9 Å². The number of thioether (sulfide) groups is 1. The Morgan fingerprint density at radius 2 is 2.25 bits per heavy atom. The molecule has 0 fully saturated rings. The Labute approximate surface area is 100 Å². The van der Waals surface area contributed by atoms with Gasteiger partial charge in [0.25, 0.3) is 0 Å². The predicted octanol–water partition coefficient (Wildman–Crippen LogP) is 2.98. The summed E-state index contributed by atoms with van der Waals surface area (Å²) in [6.07, 6.45) is 0. The highest BCUT2D eigenvalue weighted by Crippen LogP contribution is 2.20. The van der Waals surface area contributed by atoms with Crippen molar-refractivity contribution in [1.29, 1.82) is 0 Å². The van der Waals surface area contributed by atoms with Crippen molar-refractivity contribution in [1.82, 2.24) is 0 Å². The highest BCUT2D eigenvalue weighted by Gasteiger charge is 2.07. The largest absolute Gasteiger partial charge is 0.493 e. The van der Waals surface area contributed by atoms with Gasteiger partial charge in [0.1, 0.15) is 11.6 Å². The number of ether oxygens (including phenoxy) is 1. The first-order valence-corrected chi connectivity index (χ1v) is 6.56. The van der Waals surface area contributed by atoms with Crippen LogP contribution in [-0.2, 0) is 0 Å². The van der Waals surface area contributed by atoms with Gasteiger partial charge in [-0.05, 0) is 18.7 Å². The van der Waals surface area contributed by atoms with E-state index in [0.717, 1.165) is 11.5 Å². The number of halogens is 1. The van der Waals surface area contributed by atoms with Crippen LogP contribution < -0.4 is 10.5 Å². The standard InChI is InChI=1S/C12H18FNOS/c1-3-16-7-6-15-10-4-5-11(9(2)14)12(13)8-10/h4-5,8-9H,3,6-7,14H2,1-2H3. The Morgan fingerprint density at radius 3 is 2.81 bits per heavy atom. The van der Waals surface area contributed by atoms with Crippen LogP contribution in [0.3, 0.4) is 0 Å². The minimum absolute atomic E-state index is 0.287. The summed E-state index contributed by atoms with van der Waals surface area (Å²) < 4.78 is 18.9. The molecule has 1 aromatic carbocycles. The van der Waals surface area contributed by atoms with Gasteiger partial charge in [0.05, 0.1) is 6.61 Å². The average molecular weight is 243 g/mol. The Kier molecular flexibility index (Phi) is 5.63. The molecule has 2 nitrogen and oxygen atoms in total. The van der Waals surface area contributed by atoms with E-state index < -0.39 is 0 Å². The monoisotopic (exact) mass is 243 g/mol. The summed E-state index contributed by atoms with van der Waals surface area (Å²) in [5, 5.41) is 0. The quantitative estimate of drug-likeness (QED) is 0.780. The topological polar surface area (TPSA) is 35.2 Å². The zero-order chi connectivity index (χ0) is 12.0. The van der Waals surface area contributed by atoms with Crippen LogP contribution in [-0.4, -0.2) is 18.1 Å². The molecule has 0 amide bonds. The maximum absolute atomic E-state index is 13.5. The van der Waals surface area contributed by atoms with E-state index in [4.69, 9.17) is 10.5 Å². The molecule has 1 aromatic rings. The minimum atomic E-state index is -0.296. The number of rotatable bonds is 6. The molecule has 0 aliphatic rings. The van der Waals surface area contributed by atoms with Gasteiger partial charge in [0.15, 0.2) is 0 Å². The highest BCUT2D eigenvalue weighted by atomic mass is 32.2. The Bertz CT molecular complexity index is 331. The molecule has 0 bridgehead atoms. The molecule has 4 heteroatoms. The van der Waals surface area contributed by atoms with Gasteiger partial charge in [-0.3, -0.25) is 0 Å². The van der Waals surface area contributed by atoms with E-state index in [1.165, 1.54) is 6.07 Å². The predicted molar refractivity (Wildman–Crippen MR) is 67.5 cm³/mol. The lowest BCUT2D eigenvalue weighted by Crippen LogP contribution is -2.08. The first-order chi connectivity index (χ1) is 7.65. The van der Waals surface area contributed by atoms with Crippen molar-refractivity contribution < 1.29 is 9.13 Å². The normalized spacial score (nSPS) is 12.5. The van der Waals surface area contributed by atoms with Crippen LogP contribution in [0.25, 0.3) is 0 Å². The fraction of sp³-hybridized carbons (Fsp3) is 0.500. The molecule has 1 atom stereocenters. The molecular weight excluding hydrogens is 225 g/mol. The molecule has 0 heterocycles. The lowest BCUT2D eigenvalue weighted by Gasteiger charge is -2.10. The minimum Gasteiger partial charge on any atom is -0.493 e. The number of benzene rings is 1. The average Bonchev–Trinajstić information content (AvgIpc) is 2.24. The summed E-state index contributed by atoms with van der Waals surface area (Å²) in [6.45, 7) is 4.47. The van der Waals surface area contributed by atoms with E-state index in [1.807, 2.05) is 0 Å². The third kappa shape index (κ3) is 4.02. The van der Waals surface area contributed by atoms with Crippen LogP contribution in [0, 0.1) is 5.82 Å². The van der Waals surface area contributed by atoms with Gasteiger partial charge < -0.3 is 10.5 Å². The van der Waals surface area contributed by atoms with Gasteiger partial charge in [0.2, 0.25) is 0 Å². The molecule has 0 saturated carbocycles. The molecule has 0 spiro atoms. The van der Waals surface area contributed by atoms with E-state index in [2.05, 4.69) is 6.92 Å². The molecule has 0 saturated heterocycles. The Balaban J connectivity index is 2.53. The molecule has 2 N–H and O–H groups in total. The molecular formula is C12H18FNOS. The first-order valence-electron chi connectivity index (χ1n) is 5.40. The molecule has 0 aromatic heterocycles. The third-order valence-electron chi connectivity index (χ3n) is 2.16. The summed E-state index contributed by atoms with van der Waals surface area (Å²) in [4.78, 5) is 0. The first kappa shape index (κ1) is 13.3. The lowest BCUT2D eigenvalue weighted by atomic mass is 10.1. The second kappa shape index (κ2) is 6.76. The van der Waals surface area contributed by atoms with Crippen LogP contribution in [0.2, 0.25) is 0 Å². The summed E-state index contributed by atoms with van der Waals surface area (Å²) in [5.41, 5.74) is 6.14. The fourth-order valence-corrected chi connectivity index (χ4v) is 1.82. The maximum atomic E-state index is 13.5. The molecule has 16 heavy (non-hydrogen) atoms. The summed E-state index contributed by atoms with van der Waals surface area (Å²) >= 11 is 1.80. The Hall–Kier alpha value is -0.740. The van der Waals surface area contributed by atoms with E-state index in [0.29, 0.717) is 17.9 Å². The maximum Gasteiger partial charge on any atom is 0.131 e. The molecule has 0 aliphatic heterocycles. The summed E-state index contributed by atoms with van der Waals surface area (Å²) in [6, 6.07) is 4.56. The molecule has 1 rings (SSSR count). The summed E-state index contributed by atoms with van der Waals surface area (Å²) in [7, 11) is 0. The van der Waals surface area contributed by atoms with Crippen LogP contribution in [0.4, 0.5) is 4.39 Å². The van der Waals surface area contributed by atoms with Gasteiger partial charge in [-0.25, -0.2) is 4.39 Å². The molecule has 0 radical (unpaired) electrons. The second-order valence-corrected chi connectivity index (χ2v) is 4.91. The van der Waals surface area contributed by atoms with E-state index >= 15 is 0 Å².